The molecule has 0 spiro atoms. The molecule has 1 saturated heterocycles. The summed E-state index contributed by atoms with van der Waals surface area (Å²) in [5, 5.41) is 13.4. The predicted octanol–water partition coefficient (Wildman–Crippen LogP) is 0.970. The molecule has 0 saturated carbocycles. The van der Waals surface area contributed by atoms with E-state index in [0.29, 0.717) is 37.3 Å². The highest BCUT2D eigenvalue weighted by atomic mass is 16.5. The van der Waals surface area contributed by atoms with Crippen molar-refractivity contribution in [3.63, 3.8) is 0 Å². The fourth-order valence-electron chi connectivity index (χ4n) is 1.87. The molecule has 0 unspecified atom stereocenters. The number of amides is 1. The maximum absolute atomic E-state index is 12.0. The molecule has 88 valence electrons. The molecule has 0 bridgehead atoms. The van der Waals surface area contributed by atoms with E-state index in [1.807, 2.05) is 0 Å². The Bertz CT molecular complexity index is 388. The van der Waals surface area contributed by atoms with Crippen LogP contribution in [0.15, 0.2) is 10.7 Å². The van der Waals surface area contributed by atoms with Crippen LogP contribution in [0.1, 0.15) is 35.9 Å². The van der Waals surface area contributed by atoms with Crippen LogP contribution in [0.4, 0.5) is 0 Å². The summed E-state index contributed by atoms with van der Waals surface area (Å²) in [6, 6.07) is 0. The number of carbonyl (C=O) groups excluding carboxylic acids is 1. The molecule has 1 amide bonds. The first-order valence-electron chi connectivity index (χ1n) is 5.42. The number of nitrogens with zero attached hydrogens (tertiary/aromatic N) is 2. The highest BCUT2D eigenvalue weighted by Crippen LogP contribution is 2.22. The molecule has 1 aromatic heterocycles. The highest BCUT2D eigenvalue weighted by Gasteiger charge is 2.30. The van der Waals surface area contributed by atoms with E-state index in [0.717, 1.165) is 0 Å². The largest absolute Gasteiger partial charge is 0.390 e. The van der Waals surface area contributed by atoms with Gasteiger partial charge in [-0.25, -0.2) is 0 Å². The van der Waals surface area contributed by atoms with E-state index >= 15 is 0 Å². The van der Waals surface area contributed by atoms with Crippen LogP contribution in [-0.4, -0.2) is 39.8 Å². The summed E-state index contributed by atoms with van der Waals surface area (Å²) in [6.07, 6.45) is 2.68. The third-order valence-corrected chi connectivity index (χ3v) is 3.11. The number of likely N-dealkylation sites (tertiary alicyclic amines) is 1. The van der Waals surface area contributed by atoms with Crippen molar-refractivity contribution in [3.05, 3.63) is 17.5 Å². The second-order valence-corrected chi connectivity index (χ2v) is 4.58. The first-order chi connectivity index (χ1) is 7.49. The lowest BCUT2D eigenvalue weighted by Gasteiger charge is -2.35. The average molecular weight is 224 g/mol. The van der Waals surface area contributed by atoms with Gasteiger partial charge in [0.1, 0.15) is 11.3 Å². The summed E-state index contributed by atoms with van der Waals surface area (Å²) in [6.45, 7) is 4.69. The normalized spacial score (nSPS) is 19.8. The molecule has 0 aliphatic carbocycles. The zero-order valence-electron chi connectivity index (χ0n) is 9.56. The summed E-state index contributed by atoms with van der Waals surface area (Å²) in [7, 11) is 0. The van der Waals surface area contributed by atoms with Crippen LogP contribution in [0.3, 0.4) is 0 Å². The van der Waals surface area contributed by atoms with Crippen molar-refractivity contribution in [1.29, 1.82) is 0 Å². The molecule has 1 N–H and O–H groups in total. The minimum atomic E-state index is -0.638. The molecule has 16 heavy (non-hydrogen) atoms. The van der Waals surface area contributed by atoms with E-state index in [9.17, 15) is 9.90 Å². The number of hydrogen-bond acceptors (Lipinski definition) is 4. The van der Waals surface area contributed by atoms with Gasteiger partial charge < -0.3 is 14.5 Å². The van der Waals surface area contributed by atoms with Crippen molar-refractivity contribution in [2.75, 3.05) is 13.1 Å². The van der Waals surface area contributed by atoms with E-state index < -0.39 is 5.60 Å². The molecule has 0 radical (unpaired) electrons. The van der Waals surface area contributed by atoms with Crippen molar-refractivity contribution in [2.45, 2.75) is 32.3 Å². The molecule has 1 aliphatic rings. The van der Waals surface area contributed by atoms with Gasteiger partial charge in [-0.05, 0) is 26.7 Å². The van der Waals surface area contributed by atoms with Crippen molar-refractivity contribution in [3.8, 4) is 0 Å². The van der Waals surface area contributed by atoms with E-state index in [2.05, 4.69) is 5.16 Å². The fourth-order valence-corrected chi connectivity index (χ4v) is 1.87. The van der Waals surface area contributed by atoms with Crippen LogP contribution in [0.2, 0.25) is 0 Å². The van der Waals surface area contributed by atoms with Gasteiger partial charge in [-0.15, -0.1) is 0 Å². The Hall–Kier alpha value is -1.36. The standard InChI is InChI=1S/C11H16N2O3/c1-8-9(7-12-16-8)10(14)13-5-3-11(2,15)4-6-13/h7,15H,3-6H2,1-2H3. The Morgan fingerprint density at radius 1 is 1.56 bits per heavy atom. The van der Waals surface area contributed by atoms with E-state index in [-0.39, 0.29) is 5.91 Å². The monoisotopic (exact) mass is 224 g/mol. The van der Waals surface area contributed by atoms with Gasteiger partial charge in [-0.3, -0.25) is 4.79 Å². The van der Waals surface area contributed by atoms with Gasteiger partial charge in [0.25, 0.3) is 5.91 Å². The number of hydrogen-bond donors (Lipinski definition) is 1. The molecule has 1 aliphatic heterocycles. The van der Waals surface area contributed by atoms with Crippen molar-refractivity contribution < 1.29 is 14.4 Å². The Morgan fingerprint density at radius 2 is 2.19 bits per heavy atom. The topological polar surface area (TPSA) is 66.6 Å². The molecule has 2 rings (SSSR count). The number of rotatable bonds is 1. The zero-order valence-corrected chi connectivity index (χ0v) is 9.56. The number of aromatic nitrogens is 1. The van der Waals surface area contributed by atoms with Gasteiger partial charge in [0.05, 0.1) is 11.8 Å². The maximum atomic E-state index is 12.0. The second kappa shape index (κ2) is 3.90. The molecule has 0 aromatic carbocycles. The Balaban J connectivity index is 2.05. The Kier molecular flexibility index (Phi) is 2.71. The lowest BCUT2D eigenvalue weighted by atomic mass is 9.93. The average Bonchev–Trinajstić information content (AvgIpc) is 2.63. The fraction of sp³-hybridized carbons (Fsp3) is 0.636. The molecular weight excluding hydrogens is 208 g/mol. The molecule has 0 atom stereocenters. The van der Waals surface area contributed by atoms with Crippen molar-refractivity contribution in [2.24, 2.45) is 0 Å². The Labute approximate surface area is 94.0 Å². The summed E-state index contributed by atoms with van der Waals surface area (Å²) in [4.78, 5) is 13.8. The lowest BCUT2D eigenvalue weighted by molar-refractivity contribution is -0.00205. The van der Waals surface area contributed by atoms with Crippen molar-refractivity contribution in [1.82, 2.24) is 10.1 Å². The number of aryl methyl sites for hydroxylation is 1. The summed E-state index contributed by atoms with van der Waals surface area (Å²) < 4.78 is 4.87. The quantitative estimate of drug-likeness (QED) is 0.771. The van der Waals surface area contributed by atoms with E-state index in [1.54, 1.807) is 18.7 Å². The first kappa shape index (κ1) is 11.1. The summed E-state index contributed by atoms with van der Waals surface area (Å²) in [5.74, 6) is 0.483. The van der Waals surface area contributed by atoms with Crippen LogP contribution < -0.4 is 0 Å². The Morgan fingerprint density at radius 3 is 2.69 bits per heavy atom. The lowest BCUT2D eigenvalue weighted by Crippen LogP contribution is -2.45. The number of aliphatic hydroxyl groups is 1. The van der Waals surface area contributed by atoms with Crippen LogP contribution in [0.25, 0.3) is 0 Å². The van der Waals surface area contributed by atoms with Gasteiger partial charge >= 0.3 is 0 Å². The number of carbonyl (C=O) groups is 1. The van der Waals surface area contributed by atoms with Crippen LogP contribution in [-0.2, 0) is 0 Å². The third-order valence-electron chi connectivity index (χ3n) is 3.11. The van der Waals surface area contributed by atoms with Gasteiger partial charge in [0.15, 0.2) is 0 Å². The van der Waals surface area contributed by atoms with Gasteiger partial charge in [0, 0.05) is 13.1 Å². The predicted molar refractivity (Wildman–Crippen MR) is 57.0 cm³/mol. The number of piperidine rings is 1. The first-order valence-corrected chi connectivity index (χ1v) is 5.42. The van der Waals surface area contributed by atoms with E-state index in [1.165, 1.54) is 6.20 Å². The minimum absolute atomic E-state index is 0.0609. The van der Waals surface area contributed by atoms with Crippen LogP contribution >= 0.6 is 0 Å². The molecule has 2 heterocycles. The van der Waals surface area contributed by atoms with Crippen LogP contribution in [0, 0.1) is 6.92 Å². The summed E-state index contributed by atoms with van der Waals surface area (Å²) >= 11 is 0. The zero-order chi connectivity index (χ0) is 11.8. The maximum Gasteiger partial charge on any atom is 0.259 e. The minimum Gasteiger partial charge on any atom is -0.390 e. The second-order valence-electron chi connectivity index (χ2n) is 4.58. The molecule has 5 heteroatoms. The SMILES string of the molecule is Cc1oncc1C(=O)N1CCC(C)(O)CC1. The third kappa shape index (κ3) is 2.09. The molecular formula is C11H16N2O3. The van der Waals surface area contributed by atoms with E-state index in [4.69, 9.17) is 4.52 Å². The van der Waals surface area contributed by atoms with Gasteiger partial charge in [-0.1, -0.05) is 5.16 Å². The van der Waals surface area contributed by atoms with Crippen LogP contribution in [0.5, 0.6) is 0 Å². The smallest absolute Gasteiger partial charge is 0.259 e. The molecule has 1 aromatic rings. The summed E-state index contributed by atoms with van der Waals surface area (Å²) in [5.41, 5.74) is -0.123. The van der Waals surface area contributed by atoms with Crippen molar-refractivity contribution >= 4 is 5.91 Å². The molecule has 5 nitrogen and oxygen atoms in total. The molecule has 1 fully saturated rings. The highest BCUT2D eigenvalue weighted by molar-refractivity contribution is 5.94. The van der Waals surface area contributed by atoms with Gasteiger partial charge in [0.2, 0.25) is 0 Å². The van der Waals surface area contributed by atoms with Gasteiger partial charge in [-0.2, -0.15) is 0 Å².